The summed E-state index contributed by atoms with van der Waals surface area (Å²) in [5.74, 6) is 0.520. The molecule has 0 aliphatic rings. The van der Waals surface area contributed by atoms with Gasteiger partial charge in [-0.1, -0.05) is 137 Å². The summed E-state index contributed by atoms with van der Waals surface area (Å²) in [4.78, 5) is 0. The molecule has 0 amide bonds. The van der Waals surface area contributed by atoms with Crippen molar-refractivity contribution >= 4 is 120 Å². The van der Waals surface area contributed by atoms with Crippen molar-refractivity contribution in [2.45, 2.75) is 39.5 Å². The van der Waals surface area contributed by atoms with E-state index in [9.17, 15) is 0 Å². The minimum Gasteiger partial charge on any atom is -0.309 e. The van der Waals surface area contributed by atoms with Gasteiger partial charge in [0.1, 0.15) is 0 Å². The summed E-state index contributed by atoms with van der Waals surface area (Å²) >= 11 is 0. The summed E-state index contributed by atoms with van der Waals surface area (Å²) in [6.07, 6.45) is 0. The highest BCUT2D eigenvalue weighted by atomic mass is 15.0. The lowest BCUT2D eigenvalue weighted by Crippen LogP contribution is -2.01. The summed E-state index contributed by atoms with van der Waals surface area (Å²) in [7, 11) is 0. The molecule has 15 rings (SSSR count). The Morgan fingerprint density at radius 1 is 0.281 bits per heavy atom. The molecule has 0 saturated carbocycles. The van der Waals surface area contributed by atoms with Crippen molar-refractivity contribution < 1.29 is 0 Å². The Balaban J connectivity index is 1.15. The number of benzene rings is 9. The Labute approximate surface area is 368 Å². The van der Waals surface area contributed by atoms with E-state index in [0.717, 1.165) is 0 Å². The highest BCUT2D eigenvalue weighted by molar-refractivity contribution is 6.33. The van der Waals surface area contributed by atoms with Crippen LogP contribution < -0.4 is 0 Å². The van der Waals surface area contributed by atoms with Crippen LogP contribution in [0.1, 0.15) is 50.7 Å². The highest BCUT2D eigenvalue weighted by Crippen LogP contribution is 2.53. The minimum atomic E-state index is 0.260. The third kappa shape index (κ3) is 4.06. The van der Waals surface area contributed by atoms with Crippen LogP contribution in [0.4, 0.5) is 0 Å². The molecular formula is C60H42N4. The van der Waals surface area contributed by atoms with Crippen molar-refractivity contribution in [1.29, 1.82) is 0 Å². The first-order valence-electron chi connectivity index (χ1n) is 22.8. The zero-order valence-electron chi connectivity index (χ0n) is 36.1. The summed E-state index contributed by atoms with van der Waals surface area (Å²) in [5.41, 5.74) is 18.1. The quantitative estimate of drug-likeness (QED) is 0.168. The second kappa shape index (κ2) is 12.0. The van der Waals surface area contributed by atoms with Crippen molar-refractivity contribution in [2.75, 3.05) is 0 Å². The van der Waals surface area contributed by atoms with E-state index in [1.165, 1.54) is 142 Å². The lowest BCUT2D eigenvalue weighted by molar-refractivity contribution is 0.869. The molecule has 0 unspecified atom stereocenters. The van der Waals surface area contributed by atoms with E-state index in [1.807, 2.05) is 0 Å². The first-order valence-corrected chi connectivity index (χ1v) is 22.8. The van der Waals surface area contributed by atoms with Gasteiger partial charge in [0.05, 0.1) is 55.2 Å². The molecule has 0 aliphatic heterocycles. The average Bonchev–Trinajstić information content (AvgIpc) is 4.16. The van der Waals surface area contributed by atoms with Crippen LogP contribution in [-0.4, -0.2) is 17.9 Å². The number of rotatable bonds is 4. The van der Waals surface area contributed by atoms with Crippen molar-refractivity contribution in [3.63, 3.8) is 0 Å². The number of nitrogens with zero attached hydrogens (tertiary/aromatic N) is 4. The van der Waals surface area contributed by atoms with Gasteiger partial charge in [-0.15, -0.1) is 0 Å². The molecule has 0 N–H and O–H groups in total. The molecule has 4 nitrogen and oxygen atoms in total. The third-order valence-electron chi connectivity index (χ3n) is 14.9. The normalized spacial score (nSPS) is 13.0. The number of hydrogen-bond donors (Lipinski definition) is 0. The van der Waals surface area contributed by atoms with E-state index < -0.39 is 0 Å². The van der Waals surface area contributed by atoms with Gasteiger partial charge in [0.15, 0.2) is 0 Å². The monoisotopic (exact) mass is 818 g/mol. The second-order valence-corrected chi connectivity index (χ2v) is 18.8. The lowest BCUT2D eigenvalue weighted by atomic mass is 9.87. The Morgan fingerprint density at radius 2 is 0.625 bits per heavy atom. The van der Waals surface area contributed by atoms with Crippen LogP contribution in [0, 0.1) is 0 Å². The van der Waals surface area contributed by atoms with Crippen LogP contribution in [0.3, 0.4) is 0 Å². The summed E-state index contributed by atoms with van der Waals surface area (Å²) < 4.78 is 10.3. The molecule has 6 heterocycles. The van der Waals surface area contributed by atoms with E-state index in [0.29, 0.717) is 0 Å². The van der Waals surface area contributed by atoms with Crippen molar-refractivity contribution in [3.05, 3.63) is 181 Å². The first-order chi connectivity index (χ1) is 31.5. The van der Waals surface area contributed by atoms with Crippen LogP contribution in [-0.2, 0) is 0 Å². The number of fused-ring (bicyclic) bond motifs is 18. The van der Waals surface area contributed by atoms with E-state index in [1.54, 1.807) is 0 Å². The molecule has 6 aromatic heterocycles. The van der Waals surface area contributed by atoms with Gasteiger partial charge in [-0.3, -0.25) is 0 Å². The third-order valence-corrected chi connectivity index (χ3v) is 14.9. The summed E-state index contributed by atoms with van der Waals surface area (Å²) in [5, 5.41) is 15.8. The molecule has 0 radical (unpaired) electrons. The van der Waals surface area contributed by atoms with Crippen LogP contribution >= 0.6 is 0 Å². The fourth-order valence-electron chi connectivity index (χ4n) is 12.5. The highest BCUT2D eigenvalue weighted by Gasteiger charge is 2.31. The summed E-state index contributed by atoms with van der Waals surface area (Å²) in [6.45, 7) is 9.65. The Bertz CT molecular complexity index is 4170. The molecule has 0 fully saturated rings. The van der Waals surface area contributed by atoms with Gasteiger partial charge in [0.2, 0.25) is 0 Å². The van der Waals surface area contributed by atoms with Crippen molar-refractivity contribution in [3.8, 4) is 11.4 Å². The van der Waals surface area contributed by atoms with Gasteiger partial charge in [-0.05, 0) is 83.6 Å². The van der Waals surface area contributed by atoms with Crippen LogP contribution in [0.5, 0.6) is 0 Å². The van der Waals surface area contributed by atoms with Gasteiger partial charge in [-0.2, -0.15) is 0 Å². The zero-order chi connectivity index (χ0) is 42.3. The van der Waals surface area contributed by atoms with Crippen molar-refractivity contribution in [2.24, 2.45) is 0 Å². The molecule has 0 saturated heterocycles. The Kier molecular flexibility index (Phi) is 6.51. The maximum atomic E-state index is 2.68. The summed E-state index contributed by atoms with van der Waals surface area (Å²) in [6, 6.07) is 63.6. The van der Waals surface area contributed by atoms with Crippen LogP contribution in [0.15, 0.2) is 170 Å². The Hall–Kier alpha value is -7.82. The maximum Gasteiger partial charge on any atom is 0.0620 e. The SMILES string of the molecule is CC(C)c1c2c3cccc4c5cc6c(cc5n(c2c(C(C)C)c2c5cccc7c8cc9c(cc8n(c12)c75)c1ccccc1n9-c1ccccc1)c43)c1ccccc1n6-c1ccccc1. The van der Waals surface area contributed by atoms with E-state index in [-0.39, 0.29) is 11.8 Å². The molecule has 0 spiro atoms. The van der Waals surface area contributed by atoms with E-state index >= 15 is 0 Å². The fourth-order valence-corrected chi connectivity index (χ4v) is 12.5. The number of para-hydroxylation sites is 6. The van der Waals surface area contributed by atoms with Gasteiger partial charge in [0.25, 0.3) is 0 Å². The maximum absolute atomic E-state index is 2.68. The molecule has 0 atom stereocenters. The number of aromatic nitrogens is 4. The van der Waals surface area contributed by atoms with Crippen LogP contribution in [0.25, 0.3) is 131 Å². The largest absolute Gasteiger partial charge is 0.309 e. The molecule has 64 heavy (non-hydrogen) atoms. The van der Waals surface area contributed by atoms with Gasteiger partial charge >= 0.3 is 0 Å². The first kappa shape index (κ1) is 34.7. The standard InChI is InChI=1S/C60H42N4/c1-33(2)53-55-41-25-15-23-39-46-32-50-44(38-22-12-14-28-48(38)62(50)36-19-9-6-10-20-36)30-52(46)64(57(39)41)60(55)54(34(3)4)56-42-26-16-24-40-45-31-49-43(29-51(45)63(58(40)42)59(53)56)37-21-11-13-27-47(37)61(49)35-17-7-5-8-18-35/h5-34H,1-4H3. The predicted molar refractivity (Wildman–Crippen MR) is 273 cm³/mol. The van der Waals surface area contributed by atoms with Crippen LogP contribution in [0.2, 0.25) is 0 Å². The number of hydrogen-bond acceptors (Lipinski definition) is 0. The zero-order valence-corrected chi connectivity index (χ0v) is 36.1. The molecule has 0 bridgehead atoms. The van der Waals surface area contributed by atoms with E-state index in [2.05, 4.69) is 215 Å². The lowest BCUT2D eigenvalue weighted by Gasteiger charge is -2.19. The topological polar surface area (TPSA) is 18.7 Å². The van der Waals surface area contributed by atoms with Gasteiger partial charge < -0.3 is 17.9 Å². The van der Waals surface area contributed by atoms with Crippen molar-refractivity contribution in [1.82, 2.24) is 17.9 Å². The molecule has 4 heteroatoms. The second-order valence-electron chi connectivity index (χ2n) is 18.8. The predicted octanol–water partition coefficient (Wildman–Crippen LogP) is 16.4. The smallest absolute Gasteiger partial charge is 0.0620 e. The molecule has 0 aliphatic carbocycles. The molecule has 15 aromatic rings. The molecular weight excluding hydrogens is 777 g/mol. The van der Waals surface area contributed by atoms with Gasteiger partial charge in [-0.25, -0.2) is 0 Å². The molecule has 302 valence electrons. The molecule has 9 aromatic carbocycles. The fraction of sp³-hybridized carbons (Fsp3) is 0.100. The Morgan fingerprint density at radius 3 is 1.05 bits per heavy atom. The minimum absolute atomic E-state index is 0.260. The van der Waals surface area contributed by atoms with Gasteiger partial charge in [0, 0.05) is 76.0 Å². The average molecular weight is 819 g/mol. The van der Waals surface area contributed by atoms with E-state index in [4.69, 9.17) is 0 Å².